The first-order chi connectivity index (χ1) is 15.9. The molecular formula is C26H20N2O4S. The highest BCUT2D eigenvalue weighted by Gasteiger charge is 2.20. The van der Waals surface area contributed by atoms with E-state index in [1.807, 2.05) is 30.3 Å². The highest BCUT2D eigenvalue weighted by atomic mass is 32.2. The first-order valence-electron chi connectivity index (χ1n) is 10.3. The molecule has 1 amide bonds. The van der Waals surface area contributed by atoms with E-state index in [0.717, 1.165) is 16.4 Å². The van der Waals surface area contributed by atoms with Gasteiger partial charge in [-0.1, -0.05) is 42.5 Å². The zero-order chi connectivity index (χ0) is 23.0. The Morgan fingerprint density at radius 3 is 2.30 bits per heavy atom. The predicted octanol–water partition coefficient (Wildman–Crippen LogP) is 5.95. The van der Waals surface area contributed by atoms with Crippen LogP contribution in [0.4, 0.5) is 11.4 Å². The van der Waals surface area contributed by atoms with Gasteiger partial charge in [0, 0.05) is 33.8 Å². The molecule has 0 aliphatic heterocycles. The summed E-state index contributed by atoms with van der Waals surface area (Å²) in [5.74, 6) is -0.415. The molecule has 0 spiro atoms. The quantitative estimate of drug-likeness (QED) is 0.342. The summed E-state index contributed by atoms with van der Waals surface area (Å²) in [6, 6.07) is 26.4. The molecule has 0 aliphatic rings. The summed E-state index contributed by atoms with van der Waals surface area (Å²) in [6.07, 6.45) is 0. The molecule has 1 heterocycles. The fraction of sp³-hybridized carbons (Fsp3) is 0.0385. The molecule has 164 valence electrons. The van der Waals surface area contributed by atoms with Gasteiger partial charge < -0.3 is 9.73 Å². The van der Waals surface area contributed by atoms with Gasteiger partial charge in [0.1, 0.15) is 11.2 Å². The second kappa shape index (κ2) is 8.11. The van der Waals surface area contributed by atoms with Crippen LogP contribution in [0.15, 0.2) is 100 Å². The molecule has 6 nitrogen and oxygen atoms in total. The summed E-state index contributed by atoms with van der Waals surface area (Å²) < 4.78 is 34.3. The van der Waals surface area contributed by atoms with Crippen LogP contribution in [0.1, 0.15) is 15.9 Å². The molecular weight excluding hydrogens is 436 g/mol. The van der Waals surface area contributed by atoms with Gasteiger partial charge in [0.25, 0.3) is 15.9 Å². The molecule has 0 bridgehead atoms. The zero-order valence-corrected chi connectivity index (χ0v) is 18.5. The molecule has 0 unspecified atom stereocenters. The summed E-state index contributed by atoms with van der Waals surface area (Å²) in [7, 11) is -3.86. The van der Waals surface area contributed by atoms with Crippen LogP contribution in [0, 0.1) is 6.92 Å². The van der Waals surface area contributed by atoms with Crippen molar-refractivity contribution < 1.29 is 17.6 Å². The molecule has 1 aromatic heterocycles. The fourth-order valence-corrected chi connectivity index (χ4v) is 5.08. The van der Waals surface area contributed by atoms with Crippen molar-refractivity contribution in [3.8, 4) is 0 Å². The molecule has 0 fully saturated rings. The maximum Gasteiger partial charge on any atom is 0.262 e. The Hall–Kier alpha value is -4.10. The minimum Gasteiger partial charge on any atom is -0.456 e. The third-order valence-corrected chi connectivity index (χ3v) is 6.93. The molecule has 4 aromatic carbocycles. The fourth-order valence-electron chi connectivity index (χ4n) is 3.75. The van der Waals surface area contributed by atoms with Crippen molar-refractivity contribution >= 4 is 49.2 Å². The van der Waals surface area contributed by atoms with E-state index in [-0.39, 0.29) is 10.5 Å². The first kappa shape index (κ1) is 20.8. The van der Waals surface area contributed by atoms with Gasteiger partial charge in [0.05, 0.1) is 4.90 Å². The van der Waals surface area contributed by atoms with Crippen molar-refractivity contribution in [2.75, 3.05) is 10.0 Å². The van der Waals surface area contributed by atoms with Gasteiger partial charge in [-0.25, -0.2) is 8.42 Å². The monoisotopic (exact) mass is 456 g/mol. The van der Waals surface area contributed by atoms with Crippen LogP contribution in [-0.4, -0.2) is 14.3 Å². The smallest absolute Gasteiger partial charge is 0.262 e. The number of carbonyl (C=O) groups excluding carboxylic acids is 1. The standard InChI is InChI=1S/C26H20N2O4S/c1-17-11-12-18(15-25(17)33(30,31)28-19-7-3-2-4-8-19)26(29)27-20-13-14-22-21-9-5-6-10-23(21)32-24(22)16-20/h2-16,28H,1H3,(H,27,29). The van der Waals surface area contributed by atoms with Crippen LogP contribution in [0.5, 0.6) is 0 Å². The maximum absolute atomic E-state index is 12.9. The molecule has 0 radical (unpaired) electrons. The summed E-state index contributed by atoms with van der Waals surface area (Å²) in [5.41, 5.74) is 3.21. The number of nitrogens with one attached hydrogen (secondary N) is 2. The summed E-state index contributed by atoms with van der Waals surface area (Å²) in [4.78, 5) is 13.0. The minimum absolute atomic E-state index is 0.0479. The minimum atomic E-state index is -3.86. The Bertz CT molecular complexity index is 1610. The largest absolute Gasteiger partial charge is 0.456 e. The van der Waals surface area contributed by atoms with E-state index in [2.05, 4.69) is 10.0 Å². The van der Waals surface area contributed by atoms with Crippen molar-refractivity contribution in [3.05, 3.63) is 102 Å². The lowest BCUT2D eigenvalue weighted by molar-refractivity contribution is 0.102. The zero-order valence-electron chi connectivity index (χ0n) is 17.7. The lowest BCUT2D eigenvalue weighted by Gasteiger charge is -2.12. The van der Waals surface area contributed by atoms with Crippen molar-refractivity contribution in [3.63, 3.8) is 0 Å². The number of sulfonamides is 1. The third-order valence-electron chi connectivity index (χ3n) is 5.40. The van der Waals surface area contributed by atoms with Gasteiger partial charge >= 0.3 is 0 Å². The lowest BCUT2D eigenvalue weighted by Crippen LogP contribution is -2.17. The Balaban J connectivity index is 1.42. The average molecular weight is 457 g/mol. The third kappa shape index (κ3) is 4.06. The van der Waals surface area contributed by atoms with Crippen molar-refractivity contribution in [1.82, 2.24) is 0 Å². The summed E-state index contributed by atoms with van der Waals surface area (Å²) in [5, 5.41) is 4.79. The molecule has 33 heavy (non-hydrogen) atoms. The second-order valence-electron chi connectivity index (χ2n) is 7.72. The van der Waals surface area contributed by atoms with Crippen LogP contribution in [-0.2, 0) is 10.0 Å². The number of benzene rings is 4. The van der Waals surface area contributed by atoms with Crippen molar-refractivity contribution in [2.45, 2.75) is 11.8 Å². The molecule has 5 aromatic rings. The Morgan fingerprint density at radius 2 is 1.48 bits per heavy atom. The van der Waals surface area contributed by atoms with Gasteiger partial charge in [-0.05, 0) is 55.0 Å². The van der Waals surface area contributed by atoms with E-state index in [1.165, 1.54) is 6.07 Å². The SMILES string of the molecule is Cc1ccc(C(=O)Nc2ccc3c(c2)oc2ccccc23)cc1S(=O)(=O)Nc1ccccc1. The van der Waals surface area contributed by atoms with Gasteiger partial charge in [0.15, 0.2) is 0 Å². The molecule has 0 saturated carbocycles. The molecule has 7 heteroatoms. The normalized spacial score (nSPS) is 11.5. The number of hydrogen-bond acceptors (Lipinski definition) is 4. The average Bonchev–Trinajstić information content (AvgIpc) is 3.17. The second-order valence-corrected chi connectivity index (χ2v) is 9.37. The van der Waals surface area contributed by atoms with Crippen LogP contribution < -0.4 is 10.0 Å². The van der Waals surface area contributed by atoms with Crippen LogP contribution in [0.2, 0.25) is 0 Å². The Morgan fingerprint density at radius 1 is 0.758 bits per heavy atom. The molecule has 0 atom stereocenters. The van der Waals surface area contributed by atoms with Crippen molar-refractivity contribution in [2.24, 2.45) is 0 Å². The van der Waals surface area contributed by atoms with Gasteiger partial charge in [-0.3, -0.25) is 9.52 Å². The number of carbonyl (C=O) groups is 1. The predicted molar refractivity (Wildman–Crippen MR) is 130 cm³/mol. The number of amides is 1. The summed E-state index contributed by atoms with van der Waals surface area (Å²) in [6.45, 7) is 1.69. The van der Waals surface area contributed by atoms with Crippen LogP contribution in [0.25, 0.3) is 21.9 Å². The molecule has 0 aliphatic carbocycles. The van der Waals surface area contributed by atoms with Crippen LogP contribution >= 0.6 is 0 Å². The highest BCUT2D eigenvalue weighted by Crippen LogP contribution is 2.30. The van der Waals surface area contributed by atoms with E-state index >= 15 is 0 Å². The number of rotatable bonds is 5. The number of para-hydroxylation sites is 2. The first-order valence-corrected chi connectivity index (χ1v) is 11.8. The van der Waals surface area contributed by atoms with E-state index in [1.54, 1.807) is 61.5 Å². The lowest BCUT2D eigenvalue weighted by atomic mass is 10.1. The molecule has 0 saturated heterocycles. The maximum atomic E-state index is 12.9. The van der Waals surface area contributed by atoms with Gasteiger partial charge in [-0.15, -0.1) is 0 Å². The van der Waals surface area contributed by atoms with E-state index in [9.17, 15) is 13.2 Å². The van der Waals surface area contributed by atoms with Crippen LogP contribution in [0.3, 0.4) is 0 Å². The van der Waals surface area contributed by atoms with E-state index in [0.29, 0.717) is 22.5 Å². The summed E-state index contributed by atoms with van der Waals surface area (Å²) >= 11 is 0. The number of aryl methyl sites for hydroxylation is 1. The highest BCUT2D eigenvalue weighted by molar-refractivity contribution is 7.92. The van der Waals surface area contributed by atoms with Crippen molar-refractivity contribution in [1.29, 1.82) is 0 Å². The Labute approximate surface area is 190 Å². The topological polar surface area (TPSA) is 88.4 Å². The number of furan rings is 1. The van der Waals surface area contributed by atoms with Gasteiger partial charge in [-0.2, -0.15) is 0 Å². The Kier molecular flexibility index (Phi) is 5.11. The molecule has 2 N–H and O–H groups in total. The molecule has 5 rings (SSSR count). The van der Waals surface area contributed by atoms with E-state index < -0.39 is 15.9 Å². The number of hydrogen-bond donors (Lipinski definition) is 2. The van der Waals surface area contributed by atoms with Gasteiger partial charge in [0.2, 0.25) is 0 Å². The number of anilines is 2. The number of fused-ring (bicyclic) bond motifs is 3. The van der Waals surface area contributed by atoms with E-state index in [4.69, 9.17) is 4.42 Å².